The molecule has 0 fully saturated rings. The molecule has 1 aliphatic heterocycles. The molecule has 0 aliphatic carbocycles. The Hall–Kier alpha value is -3.09. The number of benzene rings is 2. The third-order valence-electron chi connectivity index (χ3n) is 3.58. The van der Waals surface area contributed by atoms with Gasteiger partial charge in [0, 0.05) is 17.5 Å². The number of ketones is 1. The molecule has 0 atom stereocenters. The third-order valence-corrected chi connectivity index (χ3v) is 3.58. The van der Waals surface area contributed by atoms with Gasteiger partial charge in [-0.25, -0.2) is 0 Å². The number of aryl methyl sites for hydroxylation is 1. The van der Waals surface area contributed by atoms with Gasteiger partial charge in [0.05, 0.1) is 11.0 Å². The second-order valence-corrected chi connectivity index (χ2v) is 5.06. The summed E-state index contributed by atoms with van der Waals surface area (Å²) in [4.78, 5) is 22.8. The van der Waals surface area contributed by atoms with Crippen LogP contribution < -0.4 is 9.47 Å². The van der Waals surface area contributed by atoms with Gasteiger partial charge < -0.3 is 14.6 Å². The van der Waals surface area contributed by atoms with Crippen LogP contribution in [0.1, 0.15) is 22.3 Å². The summed E-state index contributed by atoms with van der Waals surface area (Å²) in [5.74, 6) is 0.706. The van der Waals surface area contributed by atoms with E-state index in [0.29, 0.717) is 22.6 Å². The van der Waals surface area contributed by atoms with E-state index in [9.17, 15) is 20.0 Å². The lowest BCUT2D eigenvalue weighted by Crippen LogP contribution is -2.03. The first-order valence-electron chi connectivity index (χ1n) is 6.94. The summed E-state index contributed by atoms with van der Waals surface area (Å²) in [6.45, 7) is 0.0301. The van der Waals surface area contributed by atoms with Crippen molar-refractivity contribution in [3.8, 4) is 17.2 Å². The van der Waals surface area contributed by atoms with Crippen LogP contribution in [0.5, 0.6) is 17.2 Å². The molecule has 7 nitrogen and oxygen atoms in total. The molecule has 0 amide bonds. The number of hydrogen-bond acceptors (Lipinski definition) is 6. The molecule has 3 rings (SSSR count). The Bertz CT molecular complexity index is 769. The molecule has 0 saturated carbocycles. The summed E-state index contributed by atoms with van der Waals surface area (Å²) in [5.41, 5.74) is 0.783. The highest BCUT2D eigenvalue weighted by molar-refractivity contribution is 5.96. The van der Waals surface area contributed by atoms with Crippen molar-refractivity contribution in [2.45, 2.75) is 12.8 Å². The van der Waals surface area contributed by atoms with E-state index in [-0.39, 0.29) is 36.9 Å². The first-order valence-corrected chi connectivity index (χ1v) is 6.94. The molecule has 23 heavy (non-hydrogen) atoms. The Morgan fingerprint density at radius 2 is 1.83 bits per heavy atom. The molecular formula is C16H13NO6. The van der Waals surface area contributed by atoms with Crippen LogP contribution in [0.4, 0.5) is 5.69 Å². The molecule has 1 heterocycles. The van der Waals surface area contributed by atoms with Gasteiger partial charge in [0.2, 0.25) is 6.79 Å². The zero-order valence-corrected chi connectivity index (χ0v) is 12.0. The molecular weight excluding hydrogens is 302 g/mol. The van der Waals surface area contributed by atoms with Gasteiger partial charge in [-0.05, 0) is 36.8 Å². The van der Waals surface area contributed by atoms with Crippen LogP contribution in [0.25, 0.3) is 0 Å². The molecule has 0 saturated heterocycles. The Morgan fingerprint density at radius 1 is 1.17 bits per heavy atom. The summed E-state index contributed by atoms with van der Waals surface area (Å²) in [7, 11) is 0. The van der Waals surface area contributed by atoms with Gasteiger partial charge in [-0.15, -0.1) is 0 Å². The lowest BCUT2D eigenvalue weighted by molar-refractivity contribution is -0.385. The predicted octanol–water partition coefficient (Wildman–Crippen LogP) is 2.84. The van der Waals surface area contributed by atoms with Crippen LogP contribution >= 0.6 is 0 Å². The van der Waals surface area contributed by atoms with Crippen molar-refractivity contribution in [1.82, 2.24) is 0 Å². The molecule has 7 heteroatoms. The highest BCUT2D eigenvalue weighted by Crippen LogP contribution is 2.38. The predicted molar refractivity (Wildman–Crippen MR) is 80.0 cm³/mol. The number of nitro benzene ring substituents is 1. The molecule has 0 radical (unpaired) electrons. The molecule has 0 spiro atoms. The van der Waals surface area contributed by atoms with Crippen LogP contribution in [-0.4, -0.2) is 22.6 Å². The van der Waals surface area contributed by atoms with Gasteiger partial charge in [0.25, 0.3) is 5.69 Å². The van der Waals surface area contributed by atoms with Gasteiger partial charge in [0.1, 0.15) is 5.75 Å². The fourth-order valence-corrected chi connectivity index (χ4v) is 2.38. The normalized spacial score (nSPS) is 12.2. The highest BCUT2D eigenvalue weighted by Gasteiger charge is 2.23. The van der Waals surface area contributed by atoms with E-state index in [1.165, 1.54) is 30.3 Å². The maximum absolute atomic E-state index is 12.1. The number of carbonyl (C=O) groups is 1. The molecule has 1 N–H and O–H groups in total. The van der Waals surface area contributed by atoms with Crippen LogP contribution in [0, 0.1) is 10.1 Å². The number of rotatable bonds is 5. The molecule has 2 aromatic carbocycles. The number of nitro groups is 1. The fourth-order valence-electron chi connectivity index (χ4n) is 2.38. The fraction of sp³-hybridized carbons (Fsp3) is 0.188. The average molecular weight is 315 g/mol. The van der Waals surface area contributed by atoms with Crippen LogP contribution in [0.15, 0.2) is 36.4 Å². The van der Waals surface area contributed by atoms with Crippen molar-refractivity contribution in [1.29, 1.82) is 0 Å². The monoisotopic (exact) mass is 315 g/mol. The number of carbonyl (C=O) groups excluding carboxylic acids is 1. The SMILES string of the molecule is O=C(CCc1cc2c(cc1[N+](=O)[O-])OCO2)c1ccc(O)cc1. The molecule has 118 valence electrons. The molecule has 0 unspecified atom stereocenters. The van der Waals surface area contributed by atoms with E-state index >= 15 is 0 Å². The Balaban J connectivity index is 1.78. The smallest absolute Gasteiger partial charge is 0.276 e. The maximum atomic E-state index is 12.1. The lowest BCUT2D eigenvalue weighted by Gasteiger charge is -2.05. The maximum Gasteiger partial charge on any atom is 0.276 e. The molecule has 0 aromatic heterocycles. The molecule has 1 aliphatic rings. The Labute approximate surface area is 131 Å². The van der Waals surface area contributed by atoms with Gasteiger partial charge in [0.15, 0.2) is 17.3 Å². The summed E-state index contributed by atoms with van der Waals surface area (Å²) in [5, 5.41) is 20.4. The topological polar surface area (TPSA) is 98.9 Å². The van der Waals surface area contributed by atoms with E-state index in [1.807, 2.05) is 0 Å². The van der Waals surface area contributed by atoms with Crippen molar-refractivity contribution >= 4 is 11.5 Å². The first kappa shape index (κ1) is 14.8. The van der Waals surface area contributed by atoms with E-state index in [0.717, 1.165) is 0 Å². The lowest BCUT2D eigenvalue weighted by atomic mass is 10.0. The van der Waals surface area contributed by atoms with Crippen LogP contribution in [0.2, 0.25) is 0 Å². The summed E-state index contributed by atoms with van der Waals surface area (Å²) < 4.78 is 10.4. The van der Waals surface area contributed by atoms with E-state index in [4.69, 9.17) is 9.47 Å². The van der Waals surface area contributed by atoms with E-state index in [2.05, 4.69) is 0 Å². The van der Waals surface area contributed by atoms with Crippen LogP contribution in [-0.2, 0) is 6.42 Å². The van der Waals surface area contributed by atoms with Gasteiger partial charge >= 0.3 is 0 Å². The zero-order chi connectivity index (χ0) is 16.4. The number of hydrogen-bond donors (Lipinski definition) is 1. The number of aromatic hydroxyl groups is 1. The van der Waals surface area contributed by atoms with Crippen molar-refractivity contribution in [2.24, 2.45) is 0 Å². The molecule has 0 bridgehead atoms. The second kappa shape index (κ2) is 5.96. The number of ether oxygens (including phenoxy) is 2. The van der Waals surface area contributed by atoms with Crippen molar-refractivity contribution in [2.75, 3.05) is 6.79 Å². The second-order valence-electron chi connectivity index (χ2n) is 5.06. The Morgan fingerprint density at radius 3 is 2.48 bits per heavy atom. The van der Waals surface area contributed by atoms with Crippen molar-refractivity contribution in [3.05, 3.63) is 57.6 Å². The number of phenolic OH excluding ortho intramolecular Hbond substituents is 1. The first-order chi connectivity index (χ1) is 11.0. The summed E-state index contributed by atoms with van der Waals surface area (Å²) in [6.07, 6.45) is 0.331. The van der Waals surface area contributed by atoms with E-state index < -0.39 is 4.92 Å². The van der Waals surface area contributed by atoms with Crippen LogP contribution in [0.3, 0.4) is 0 Å². The van der Waals surface area contributed by atoms with Gasteiger partial charge in [-0.1, -0.05) is 0 Å². The number of phenols is 1. The standard InChI is InChI=1S/C16H13NO6/c18-12-4-1-10(2-5-12)14(19)6-3-11-7-15-16(23-9-22-15)8-13(11)17(20)21/h1-2,4-5,7-8,18H,3,6,9H2. The largest absolute Gasteiger partial charge is 0.508 e. The average Bonchev–Trinajstić information content (AvgIpc) is 2.99. The minimum atomic E-state index is -0.498. The Kier molecular flexibility index (Phi) is 3.84. The summed E-state index contributed by atoms with van der Waals surface area (Å²) in [6, 6.07) is 8.76. The summed E-state index contributed by atoms with van der Waals surface area (Å²) >= 11 is 0. The van der Waals surface area contributed by atoms with Crippen molar-refractivity contribution < 1.29 is 24.3 Å². The highest BCUT2D eigenvalue weighted by atomic mass is 16.7. The van der Waals surface area contributed by atoms with Crippen molar-refractivity contribution in [3.63, 3.8) is 0 Å². The number of nitrogens with zero attached hydrogens (tertiary/aromatic N) is 1. The zero-order valence-electron chi connectivity index (χ0n) is 12.0. The minimum absolute atomic E-state index is 0.0301. The quantitative estimate of drug-likeness (QED) is 0.517. The minimum Gasteiger partial charge on any atom is -0.508 e. The third kappa shape index (κ3) is 3.08. The molecule has 2 aromatic rings. The van der Waals surface area contributed by atoms with Gasteiger partial charge in [-0.2, -0.15) is 0 Å². The van der Waals surface area contributed by atoms with E-state index in [1.54, 1.807) is 6.07 Å². The number of fused-ring (bicyclic) bond motifs is 1. The van der Waals surface area contributed by atoms with Gasteiger partial charge in [-0.3, -0.25) is 14.9 Å². The number of Topliss-reactive ketones (excluding diaryl/α,β-unsaturated/α-hetero) is 1.